The fraction of sp³-hybridized carbons (Fsp3) is 0.478. The minimum Gasteiger partial charge on any atom is -0.477 e. The van der Waals surface area contributed by atoms with Crippen molar-refractivity contribution >= 4 is 11.6 Å². The predicted molar refractivity (Wildman–Crippen MR) is 116 cm³/mol. The molecule has 2 saturated heterocycles. The van der Waals surface area contributed by atoms with E-state index in [1.54, 1.807) is 12.1 Å². The van der Waals surface area contributed by atoms with E-state index in [9.17, 15) is 14.0 Å². The molecule has 1 atom stereocenters. The third-order valence-corrected chi connectivity index (χ3v) is 5.71. The monoisotopic (exact) mass is 445 g/mol. The zero-order valence-electron chi connectivity index (χ0n) is 17.9. The van der Waals surface area contributed by atoms with Crippen LogP contribution in [0.3, 0.4) is 0 Å². The molecular formula is C23H28FN3O5. The van der Waals surface area contributed by atoms with Crippen molar-refractivity contribution in [2.75, 3.05) is 50.8 Å². The molecule has 0 bridgehead atoms. The maximum absolute atomic E-state index is 14.0. The van der Waals surface area contributed by atoms with Gasteiger partial charge in [0, 0.05) is 45.4 Å². The highest BCUT2D eigenvalue weighted by molar-refractivity contribution is 5.77. The van der Waals surface area contributed by atoms with Gasteiger partial charge in [-0.3, -0.25) is 14.5 Å². The zero-order chi connectivity index (χ0) is 22.3. The van der Waals surface area contributed by atoms with Crippen molar-refractivity contribution in [1.82, 2.24) is 10.2 Å². The highest BCUT2D eigenvalue weighted by Gasteiger charge is 2.20. The Morgan fingerprint density at radius 1 is 1.22 bits per heavy atom. The zero-order valence-corrected chi connectivity index (χ0v) is 17.9. The van der Waals surface area contributed by atoms with Crippen molar-refractivity contribution < 1.29 is 23.1 Å². The fourth-order valence-electron chi connectivity index (χ4n) is 3.93. The first-order valence-electron chi connectivity index (χ1n) is 10.9. The van der Waals surface area contributed by atoms with Crippen LogP contribution >= 0.6 is 0 Å². The van der Waals surface area contributed by atoms with Gasteiger partial charge in [-0.05, 0) is 25.0 Å². The fourth-order valence-corrected chi connectivity index (χ4v) is 3.93. The van der Waals surface area contributed by atoms with E-state index in [0.29, 0.717) is 37.6 Å². The number of ether oxygens (including phenoxy) is 2. The number of para-hydroxylation sites is 1. The van der Waals surface area contributed by atoms with E-state index >= 15 is 0 Å². The predicted octanol–water partition coefficient (Wildman–Crippen LogP) is 1.78. The molecule has 0 saturated carbocycles. The SMILES string of the molecule is O=C(COc1coc(CN2CCN(c3ccccc3F)CC2)cc1=O)NC[C@H]1CCCO1. The maximum atomic E-state index is 14.0. The molecular weight excluding hydrogens is 417 g/mol. The van der Waals surface area contributed by atoms with Gasteiger partial charge in [-0.25, -0.2) is 4.39 Å². The molecule has 2 fully saturated rings. The second-order valence-electron chi connectivity index (χ2n) is 8.02. The summed E-state index contributed by atoms with van der Waals surface area (Å²) < 4.78 is 30.3. The molecule has 172 valence electrons. The lowest BCUT2D eigenvalue weighted by atomic mass is 10.2. The molecule has 1 aromatic heterocycles. The van der Waals surface area contributed by atoms with Gasteiger partial charge in [-0.15, -0.1) is 0 Å². The van der Waals surface area contributed by atoms with Gasteiger partial charge >= 0.3 is 0 Å². The Morgan fingerprint density at radius 3 is 2.75 bits per heavy atom. The van der Waals surface area contributed by atoms with Gasteiger partial charge in [-0.1, -0.05) is 12.1 Å². The number of piperazine rings is 1. The molecule has 2 aliphatic rings. The molecule has 1 amide bonds. The number of hydrogen-bond acceptors (Lipinski definition) is 7. The average molecular weight is 445 g/mol. The number of halogens is 1. The largest absolute Gasteiger partial charge is 0.477 e. The Hall–Kier alpha value is -2.91. The molecule has 2 aliphatic heterocycles. The van der Waals surface area contributed by atoms with Gasteiger partial charge < -0.3 is 24.1 Å². The molecule has 8 nitrogen and oxygen atoms in total. The first-order chi connectivity index (χ1) is 15.6. The number of anilines is 1. The van der Waals surface area contributed by atoms with Gasteiger partial charge in [0.25, 0.3) is 5.91 Å². The number of rotatable bonds is 8. The van der Waals surface area contributed by atoms with Gasteiger partial charge in [0.1, 0.15) is 17.8 Å². The van der Waals surface area contributed by atoms with Gasteiger partial charge in [0.05, 0.1) is 18.3 Å². The van der Waals surface area contributed by atoms with Crippen LogP contribution < -0.4 is 20.4 Å². The van der Waals surface area contributed by atoms with E-state index < -0.39 is 0 Å². The van der Waals surface area contributed by atoms with E-state index in [2.05, 4.69) is 10.2 Å². The minimum atomic E-state index is -0.330. The molecule has 32 heavy (non-hydrogen) atoms. The quantitative estimate of drug-likeness (QED) is 0.663. The van der Waals surface area contributed by atoms with Crippen LogP contribution in [0.5, 0.6) is 5.75 Å². The molecule has 3 heterocycles. The second kappa shape index (κ2) is 10.6. The van der Waals surface area contributed by atoms with E-state index in [-0.39, 0.29) is 35.6 Å². The molecule has 1 aromatic carbocycles. The number of carbonyl (C=O) groups is 1. The van der Waals surface area contributed by atoms with Crippen LogP contribution in [0.4, 0.5) is 10.1 Å². The normalized spacial score (nSPS) is 19.2. The number of carbonyl (C=O) groups excluding carboxylic acids is 1. The van der Waals surface area contributed by atoms with Crippen molar-refractivity contribution in [2.45, 2.75) is 25.5 Å². The summed E-state index contributed by atoms with van der Waals surface area (Å²) >= 11 is 0. The molecule has 2 aromatic rings. The van der Waals surface area contributed by atoms with Crippen LogP contribution in [-0.4, -0.2) is 62.8 Å². The summed E-state index contributed by atoms with van der Waals surface area (Å²) in [5.41, 5.74) is 0.281. The van der Waals surface area contributed by atoms with Crippen molar-refractivity contribution in [3.63, 3.8) is 0 Å². The third kappa shape index (κ3) is 5.86. The van der Waals surface area contributed by atoms with Crippen LogP contribution in [0, 0.1) is 5.82 Å². The summed E-state index contributed by atoms with van der Waals surface area (Å²) in [7, 11) is 0. The van der Waals surface area contributed by atoms with Crippen LogP contribution in [0.25, 0.3) is 0 Å². The number of benzene rings is 1. The molecule has 4 rings (SSSR count). The van der Waals surface area contributed by atoms with E-state index in [4.69, 9.17) is 13.9 Å². The molecule has 0 aliphatic carbocycles. The third-order valence-electron chi connectivity index (χ3n) is 5.71. The van der Waals surface area contributed by atoms with Crippen molar-refractivity contribution in [3.8, 4) is 5.75 Å². The maximum Gasteiger partial charge on any atom is 0.258 e. The summed E-state index contributed by atoms with van der Waals surface area (Å²) in [6.07, 6.45) is 3.24. The van der Waals surface area contributed by atoms with E-state index in [0.717, 1.165) is 32.5 Å². The van der Waals surface area contributed by atoms with Gasteiger partial charge in [0.15, 0.2) is 6.61 Å². The summed E-state index contributed by atoms with van der Waals surface area (Å²) in [5.74, 6) is -0.00491. The van der Waals surface area contributed by atoms with Gasteiger partial charge in [0.2, 0.25) is 11.2 Å². The van der Waals surface area contributed by atoms with Crippen LogP contribution in [0.15, 0.2) is 45.8 Å². The molecule has 0 spiro atoms. The Morgan fingerprint density at radius 2 is 2.03 bits per heavy atom. The highest BCUT2D eigenvalue weighted by atomic mass is 19.1. The Labute approximate surface area is 185 Å². The molecule has 1 N–H and O–H groups in total. The summed E-state index contributed by atoms with van der Waals surface area (Å²) in [6.45, 7) is 4.21. The number of nitrogens with one attached hydrogen (secondary N) is 1. The molecule has 0 unspecified atom stereocenters. The summed E-state index contributed by atoms with van der Waals surface area (Å²) in [6, 6.07) is 8.15. The highest BCUT2D eigenvalue weighted by Crippen LogP contribution is 2.21. The molecule has 9 heteroatoms. The first-order valence-corrected chi connectivity index (χ1v) is 10.9. The van der Waals surface area contributed by atoms with Crippen LogP contribution in [-0.2, 0) is 16.1 Å². The standard InChI is InChI=1S/C23H28FN3O5/c24-19-5-1-2-6-20(19)27-9-7-26(8-10-27)14-18-12-21(28)22(15-31-18)32-16-23(29)25-13-17-4-3-11-30-17/h1-2,5-6,12,15,17H,3-4,7-11,13-14,16H2,(H,25,29)/t17-/m1/s1. The van der Waals surface area contributed by atoms with E-state index in [1.165, 1.54) is 18.4 Å². The number of amides is 1. The lowest BCUT2D eigenvalue weighted by Gasteiger charge is -2.35. The van der Waals surface area contributed by atoms with Crippen molar-refractivity contribution in [3.05, 3.63) is 58.4 Å². The minimum absolute atomic E-state index is 0.00499. The Balaban J connectivity index is 1.22. The topological polar surface area (TPSA) is 84.2 Å². The second-order valence-corrected chi connectivity index (χ2v) is 8.02. The smallest absolute Gasteiger partial charge is 0.258 e. The van der Waals surface area contributed by atoms with Gasteiger partial charge in [-0.2, -0.15) is 0 Å². The van der Waals surface area contributed by atoms with Crippen LogP contribution in [0.1, 0.15) is 18.6 Å². The lowest BCUT2D eigenvalue weighted by molar-refractivity contribution is -0.123. The molecule has 0 radical (unpaired) electrons. The Kier molecular flexibility index (Phi) is 7.39. The summed E-state index contributed by atoms with van der Waals surface area (Å²) in [5, 5.41) is 2.74. The van der Waals surface area contributed by atoms with Crippen molar-refractivity contribution in [1.29, 1.82) is 0 Å². The summed E-state index contributed by atoms with van der Waals surface area (Å²) in [4.78, 5) is 28.4. The average Bonchev–Trinajstić information content (AvgIpc) is 3.32. The lowest BCUT2D eigenvalue weighted by Crippen LogP contribution is -2.46. The Bertz CT molecular complexity index is 968. The van der Waals surface area contributed by atoms with Crippen LogP contribution in [0.2, 0.25) is 0 Å². The van der Waals surface area contributed by atoms with E-state index in [1.807, 2.05) is 11.0 Å². The van der Waals surface area contributed by atoms with Crippen molar-refractivity contribution in [2.24, 2.45) is 0 Å². The number of hydrogen-bond donors (Lipinski definition) is 1. The number of nitrogens with zero attached hydrogens (tertiary/aromatic N) is 2. The first kappa shape index (κ1) is 22.3.